The van der Waals surface area contributed by atoms with Gasteiger partial charge in [-0.2, -0.15) is 0 Å². The van der Waals surface area contributed by atoms with Crippen molar-refractivity contribution >= 4 is 11.8 Å². The minimum Gasteiger partial charge on any atom is -0.479 e. The average Bonchev–Trinajstić information content (AvgIpc) is 2.04. The quantitative estimate of drug-likeness (QED) is 0.520. The lowest BCUT2D eigenvalue weighted by atomic mass is 9.96. The van der Waals surface area contributed by atoms with E-state index in [0.717, 1.165) is 0 Å². The van der Waals surface area contributed by atoms with Crippen LogP contribution in [0.15, 0.2) is 12.2 Å². The number of hydrogen-bond acceptors (Lipinski definition) is 3. The molecule has 4 nitrogen and oxygen atoms in total. The highest BCUT2D eigenvalue weighted by molar-refractivity contribution is 6.05. The average molecular weight is 200 g/mol. The number of hydrogen-bond donors (Lipinski definition) is 1. The number of carbonyl (C=O) groups is 2. The summed E-state index contributed by atoms with van der Waals surface area (Å²) < 4.78 is 5.11. The van der Waals surface area contributed by atoms with E-state index in [1.54, 1.807) is 13.8 Å². The molecule has 0 saturated heterocycles. The maximum Gasteiger partial charge on any atom is 0.343 e. The van der Waals surface area contributed by atoms with E-state index in [9.17, 15) is 9.59 Å². The third kappa shape index (κ3) is 2.67. The molecule has 1 unspecified atom stereocenters. The summed E-state index contributed by atoms with van der Waals surface area (Å²) in [5.41, 5.74) is -1.02. The third-order valence-electron chi connectivity index (χ3n) is 1.98. The molecule has 0 heterocycles. The van der Waals surface area contributed by atoms with Crippen molar-refractivity contribution in [2.75, 3.05) is 6.61 Å². The van der Waals surface area contributed by atoms with Crippen LogP contribution in [-0.4, -0.2) is 29.1 Å². The summed E-state index contributed by atoms with van der Waals surface area (Å²) in [4.78, 5) is 22.1. The van der Waals surface area contributed by atoms with Crippen LogP contribution in [0.25, 0.3) is 0 Å². The first-order valence-electron chi connectivity index (χ1n) is 4.39. The summed E-state index contributed by atoms with van der Waals surface area (Å²) in [6.07, 6.45) is 0.116. The van der Waals surface area contributed by atoms with Crippen LogP contribution in [0.4, 0.5) is 0 Å². The molecule has 0 spiro atoms. The number of Topliss-reactive ketones (excluding diaryl/α,β-unsaturated/α-hetero) is 1. The normalized spacial score (nSPS) is 14.5. The van der Waals surface area contributed by atoms with Crippen molar-refractivity contribution in [3.63, 3.8) is 0 Å². The molecule has 0 saturated carbocycles. The predicted molar refractivity (Wildman–Crippen MR) is 52.1 cm³/mol. The van der Waals surface area contributed by atoms with Crippen molar-refractivity contribution in [3.8, 4) is 0 Å². The number of carboxylic acids is 1. The molecule has 0 aromatic rings. The Morgan fingerprint density at radius 2 is 1.93 bits per heavy atom. The molecule has 0 fully saturated rings. The topological polar surface area (TPSA) is 63.6 Å². The monoisotopic (exact) mass is 200 g/mol. The fraction of sp³-hybridized carbons (Fsp3) is 0.600. The Balaban J connectivity index is 4.77. The fourth-order valence-corrected chi connectivity index (χ4v) is 1.06. The first kappa shape index (κ1) is 12.8. The van der Waals surface area contributed by atoms with Crippen molar-refractivity contribution < 1.29 is 19.4 Å². The van der Waals surface area contributed by atoms with E-state index in [2.05, 4.69) is 6.58 Å². The van der Waals surface area contributed by atoms with Crippen LogP contribution in [0.1, 0.15) is 27.2 Å². The number of rotatable bonds is 6. The summed E-state index contributed by atoms with van der Waals surface area (Å²) in [6.45, 7) is 8.20. The predicted octanol–water partition coefficient (Wildman–Crippen LogP) is 1.40. The first-order valence-corrected chi connectivity index (χ1v) is 4.39. The SMILES string of the molecule is C=C(C)COC(CC)(C(C)=O)C(=O)O. The number of aliphatic carboxylic acids is 1. The van der Waals surface area contributed by atoms with E-state index >= 15 is 0 Å². The molecule has 14 heavy (non-hydrogen) atoms. The number of carboxylic acid groups (broad SMARTS) is 1. The highest BCUT2D eigenvalue weighted by Gasteiger charge is 2.43. The minimum atomic E-state index is -1.71. The van der Waals surface area contributed by atoms with E-state index in [1.807, 2.05) is 0 Å². The van der Waals surface area contributed by atoms with Gasteiger partial charge in [0.05, 0.1) is 6.61 Å². The Labute approximate surface area is 83.6 Å². The maximum atomic E-state index is 11.2. The Hall–Kier alpha value is -1.16. The van der Waals surface area contributed by atoms with E-state index in [-0.39, 0.29) is 13.0 Å². The van der Waals surface area contributed by atoms with Gasteiger partial charge >= 0.3 is 5.97 Å². The van der Waals surface area contributed by atoms with Gasteiger partial charge in [0.25, 0.3) is 0 Å². The fourth-order valence-electron chi connectivity index (χ4n) is 1.06. The Morgan fingerprint density at radius 3 is 2.14 bits per heavy atom. The molecule has 4 heteroatoms. The van der Waals surface area contributed by atoms with Gasteiger partial charge in [0, 0.05) is 0 Å². The molecule has 0 aliphatic rings. The standard InChI is InChI=1S/C10H16O4/c1-5-10(8(4)11,9(12)13)14-6-7(2)3/h2,5-6H2,1,3-4H3,(H,12,13). The third-order valence-corrected chi connectivity index (χ3v) is 1.98. The van der Waals surface area contributed by atoms with Crippen LogP contribution in [0.5, 0.6) is 0 Å². The highest BCUT2D eigenvalue weighted by atomic mass is 16.5. The number of carbonyl (C=O) groups excluding carboxylic acids is 1. The molecular weight excluding hydrogens is 184 g/mol. The Kier molecular flexibility index (Phi) is 4.50. The van der Waals surface area contributed by atoms with E-state index in [4.69, 9.17) is 9.84 Å². The second-order valence-electron chi connectivity index (χ2n) is 3.29. The van der Waals surface area contributed by atoms with Gasteiger partial charge in [-0.1, -0.05) is 19.1 Å². The maximum absolute atomic E-state index is 11.2. The van der Waals surface area contributed by atoms with Crippen LogP contribution >= 0.6 is 0 Å². The first-order chi connectivity index (χ1) is 6.36. The summed E-state index contributed by atoms with van der Waals surface area (Å²) in [5, 5.41) is 8.93. The Morgan fingerprint density at radius 1 is 1.43 bits per heavy atom. The molecule has 0 radical (unpaired) electrons. The molecular formula is C10H16O4. The van der Waals surface area contributed by atoms with Gasteiger partial charge in [-0.05, 0) is 20.3 Å². The lowest BCUT2D eigenvalue weighted by Crippen LogP contribution is -2.47. The van der Waals surface area contributed by atoms with Gasteiger partial charge in [-0.25, -0.2) is 4.79 Å². The largest absolute Gasteiger partial charge is 0.479 e. The molecule has 0 aromatic carbocycles. The lowest BCUT2D eigenvalue weighted by Gasteiger charge is -2.25. The van der Waals surface area contributed by atoms with E-state index in [0.29, 0.717) is 5.57 Å². The van der Waals surface area contributed by atoms with Crippen molar-refractivity contribution in [2.24, 2.45) is 0 Å². The van der Waals surface area contributed by atoms with Crippen LogP contribution in [-0.2, 0) is 14.3 Å². The van der Waals surface area contributed by atoms with Crippen LogP contribution in [0, 0.1) is 0 Å². The second kappa shape index (κ2) is 4.91. The van der Waals surface area contributed by atoms with Crippen LogP contribution in [0.2, 0.25) is 0 Å². The lowest BCUT2D eigenvalue weighted by molar-refractivity contribution is -0.170. The molecule has 0 aliphatic carbocycles. The second-order valence-corrected chi connectivity index (χ2v) is 3.29. The number of ketones is 1. The van der Waals surface area contributed by atoms with Gasteiger partial charge in [0.1, 0.15) is 0 Å². The molecule has 80 valence electrons. The molecule has 0 aromatic heterocycles. The van der Waals surface area contributed by atoms with Crippen molar-refractivity contribution in [2.45, 2.75) is 32.8 Å². The van der Waals surface area contributed by atoms with Crippen molar-refractivity contribution in [1.29, 1.82) is 0 Å². The minimum absolute atomic E-state index is 0.0831. The zero-order valence-electron chi connectivity index (χ0n) is 8.79. The summed E-state index contributed by atoms with van der Waals surface area (Å²) in [5.74, 6) is -1.73. The molecule has 1 N–H and O–H groups in total. The van der Waals surface area contributed by atoms with E-state index in [1.165, 1.54) is 6.92 Å². The van der Waals surface area contributed by atoms with Gasteiger partial charge in [-0.3, -0.25) is 4.79 Å². The summed E-state index contributed by atoms with van der Waals surface area (Å²) in [7, 11) is 0. The van der Waals surface area contributed by atoms with Crippen molar-refractivity contribution in [3.05, 3.63) is 12.2 Å². The van der Waals surface area contributed by atoms with Gasteiger partial charge in [0.2, 0.25) is 5.60 Å². The van der Waals surface area contributed by atoms with Gasteiger partial charge in [-0.15, -0.1) is 0 Å². The van der Waals surface area contributed by atoms with Crippen LogP contribution < -0.4 is 0 Å². The van der Waals surface area contributed by atoms with Gasteiger partial charge < -0.3 is 9.84 Å². The molecule has 0 bridgehead atoms. The zero-order valence-corrected chi connectivity index (χ0v) is 8.79. The van der Waals surface area contributed by atoms with E-state index < -0.39 is 17.4 Å². The molecule has 1 atom stereocenters. The molecule has 0 amide bonds. The van der Waals surface area contributed by atoms with Crippen LogP contribution in [0.3, 0.4) is 0 Å². The smallest absolute Gasteiger partial charge is 0.343 e. The van der Waals surface area contributed by atoms with Crippen molar-refractivity contribution in [1.82, 2.24) is 0 Å². The van der Waals surface area contributed by atoms with Gasteiger partial charge in [0.15, 0.2) is 5.78 Å². The molecule has 0 aliphatic heterocycles. The zero-order chi connectivity index (χ0) is 11.4. The number of ether oxygens (including phenoxy) is 1. The summed E-state index contributed by atoms with van der Waals surface area (Å²) >= 11 is 0. The highest BCUT2D eigenvalue weighted by Crippen LogP contribution is 2.18. The Bertz CT molecular complexity index is 241. The molecule has 0 rings (SSSR count). The summed E-state index contributed by atoms with van der Waals surface area (Å²) in [6, 6.07) is 0.